The summed E-state index contributed by atoms with van der Waals surface area (Å²) >= 11 is 0. The summed E-state index contributed by atoms with van der Waals surface area (Å²) in [7, 11) is 0. The van der Waals surface area contributed by atoms with Crippen LogP contribution in [0.5, 0.6) is 0 Å². The number of carbonyl (C=O) groups excluding carboxylic acids is 2. The number of hydrogen-bond acceptors (Lipinski definition) is 4. The molecule has 136 valence electrons. The summed E-state index contributed by atoms with van der Waals surface area (Å²) in [6.07, 6.45) is 0.220. The van der Waals surface area contributed by atoms with Gasteiger partial charge in [-0.2, -0.15) is 5.10 Å². The lowest BCUT2D eigenvalue weighted by Gasteiger charge is -2.31. The number of hydrazone groups is 1. The van der Waals surface area contributed by atoms with Crippen LogP contribution in [0.1, 0.15) is 33.6 Å². The van der Waals surface area contributed by atoms with Gasteiger partial charge in [-0.05, 0) is 12.3 Å². The third-order valence-corrected chi connectivity index (χ3v) is 3.92. The van der Waals surface area contributed by atoms with Gasteiger partial charge in [0.15, 0.2) is 23.3 Å². The molecule has 0 amide bonds. The van der Waals surface area contributed by atoms with Crippen molar-refractivity contribution in [3.05, 3.63) is 29.1 Å². The Bertz CT molecular complexity index is 740. The largest absolute Gasteiger partial charge is 0.298 e. The lowest BCUT2D eigenvalue weighted by molar-refractivity contribution is -0.136. The van der Waals surface area contributed by atoms with Gasteiger partial charge in [-0.1, -0.05) is 13.8 Å². The highest BCUT2D eigenvalue weighted by Crippen LogP contribution is 2.34. The number of benzene rings is 1. The number of Topliss-reactive ketones (excluding diaryl/α,β-unsaturated/α-hetero) is 2. The number of hydrogen-bond donors (Lipinski definition) is 1. The van der Waals surface area contributed by atoms with E-state index in [1.807, 2.05) is 0 Å². The molecule has 0 unspecified atom stereocenters. The molecule has 2 rings (SSSR count). The van der Waals surface area contributed by atoms with Crippen LogP contribution in [0.2, 0.25) is 0 Å². The maximum absolute atomic E-state index is 13.6. The van der Waals surface area contributed by atoms with Crippen molar-refractivity contribution in [2.75, 3.05) is 5.43 Å². The summed E-state index contributed by atoms with van der Waals surface area (Å²) in [5, 5.41) is 3.49. The van der Waals surface area contributed by atoms with Crippen molar-refractivity contribution in [2.45, 2.75) is 33.6 Å². The van der Waals surface area contributed by atoms with Crippen molar-refractivity contribution in [1.82, 2.24) is 0 Å². The molecule has 4 nitrogen and oxygen atoms in total. The zero-order valence-electron chi connectivity index (χ0n) is 13.6. The number of halogens is 5. The Balaban J connectivity index is 2.31. The van der Waals surface area contributed by atoms with E-state index in [4.69, 9.17) is 0 Å². The van der Waals surface area contributed by atoms with Gasteiger partial charge in [-0.25, -0.2) is 22.0 Å². The molecule has 1 aliphatic carbocycles. The second-order valence-corrected chi connectivity index (χ2v) is 6.69. The molecule has 25 heavy (non-hydrogen) atoms. The van der Waals surface area contributed by atoms with Gasteiger partial charge in [-0.3, -0.25) is 15.0 Å². The first-order chi connectivity index (χ1) is 11.5. The van der Waals surface area contributed by atoms with Crippen molar-refractivity contribution < 1.29 is 31.5 Å². The van der Waals surface area contributed by atoms with E-state index in [1.165, 1.54) is 6.92 Å². The first kappa shape index (κ1) is 19.0. The van der Waals surface area contributed by atoms with E-state index in [1.54, 1.807) is 19.3 Å². The normalized spacial score (nSPS) is 18.6. The van der Waals surface area contributed by atoms with Crippen LogP contribution in [0, 0.1) is 40.4 Å². The molecule has 9 heteroatoms. The average molecular weight is 362 g/mol. The van der Waals surface area contributed by atoms with Crippen LogP contribution in [-0.2, 0) is 9.59 Å². The second-order valence-electron chi connectivity index (χ2n) is 6.69. The maximum atomic E-state index is 13.6. The number of carbonyl (C=O) groups is 2. The predicted molar refractivity (Wildman–Crippen MR) is 79.5 cm³/mol. The lowest BCUT2D eigenvalue weighted by Crippen LogP contribution is -2.41. The maximum Gasteiger partial charge on any atom is 0.200 e. The van der Waals surface area contributed by atoms with Crippen molar-refractivity contribution in [3.63, 3.8) is 0 Å². The van der Waals surface area contributed by atoms with Gasteiger partial charge in [0, 0.05) is 12.8 Å². The summed E-state index contributed by atoms with van der Waals surface area (Å²) in [5.41, 5.74) is -0.235. The fourth-order valence-corrected chi connectivity index (χ4v) is 2.77. The highest BCUT2D eigenvalue weighted by atomic mass is 19.2. The van der Waals surface area contributed by atoms with Crippen LogP contribution in [-0.4, -0.2) is 17.3 Å². The van der Waals surface area contributed by atoms with Crippen LogP contribution in [0.4, 0.5) is 27.6 Å². The van der Waals surface area contributed by atoms with Crippen molar-refractivity contribution >= 4 is 23.0 Å². The minimum atomic E-state index is -2.29. The Morgan fingerprint density at radius 1 is 0.920 bits per heavy atom. The highest BCUT2D eigenvalue weighted by Gasteiger charge is 2.41. The Morgan fingerprint density at radius 3 is 1.76 bits per heavy atom. The van der Waals surface area contributed by atoms with E-state index in [9.17, 15) is 31.5 Å². The smallest absolute Gasteiger partial charge is 0.200 e. The predicted octanol–water partition coefficient (Wildman–Crippen LogP) is 3.74. The molecule has 0 heterocycles. The summed E-state index contributed by atoms with van der Waals surface area (Å²) in [6.45, 7) is 4.76. The molecule has 0 aromatic heterocycles. The molecule has 0 saturated heterocycles. The summed E-state index contributed by atoms with van der Waals surface area (Å²) < 4.78 is 66.4. The molecular formula is C16H15F5N2O2. The van der Waals surface area contributed by atoms with Crippen LogP contribution >= 0.6 is 0 Å². The average Bonchev–Trinajstić information content (AvgIpc) is 2.49. The van der Waals surface area contributed by atoms with Gasteiger partial charge in [0.1, 0.15) is 23.2 Å². The monoisotopic (exact) mass is 362 g/mol. The van der Waals surface area contributed by atoms with E-state index in [-0.39, 0.29) is 18.6 Å². The summed E-state index contributed by atoms with van der Waals surface area (Å²) in [6, 6.07) is 0. The first-order valence-corrected chi connectivity index (χ1v) is 7.33. The van der Waals surface area contributed by atoms with E-state index >= 15 is 0 Å². The molecule has 1 saturated carbocycles. The molecule has 0 bridgehead atoms. The lowest BCUT2D eigenvalue weighted by atomic mass is 9.70. The number of anilines is 1. The third kappa shape index (κ3) is 3.54. The molecule has 0 atom stereocenters. The zero-order chi connectivity index (χ0) is 19.1. The quantitative estimate of drug-likeness (QED) is 0.223. The van der Waals surface area contributed by atoms with Gasteiger partial charge in [-0.15, -0.1) is 0 Å². The molecule has 1 aromatic rings. The fraction of sp³-hybridized carbons (Fsp3) is 0.438. The van der Waals surface area contributed by atoms with Gasteiger partial charge >= 0.3 is 0 Å². The molecule has 0 spiro atoms. The van der Waals surface area contributed by atoms with Crippen molar-refractivity contribution in [3.8, 4) is 0 Å². The summed E-state index contributed by atoms with van der Waals surface area (Å²) in [4.78, 5) is 24.2. The second kappa shape index (κ2) is 6.53. The topological polar surface area (TPSA) is 58.5 Å². The molecule has 1 fully saturated rings. The number of rotatable bonds is 3. The molecule has 0 aliphatic heterocycles. The Hall–Kier alpha value is -2.32. The SMILES string of the molecule is C/C(=N\Nc1c(F)c(F)c(F)c(F)c1F)C1C(=O)CC(C)(C)CC1=O. The standard InChI is InChI=1S/C16H15F5N2O2/c1-6(9-7(24)4-16(2,3)5-8(9)25)22-23-15-13(20)11(18)10(17)12(19)14(15)21/h9,23H,4-5H2,1-3H3/b22-6+. The van der Waals surface area contributed by atoms with Crippen LogP contribution in [0.3, 0.4) is 0 Å². The molecule has 1 aliphatic rings. The van der Waals surface area contributed by atoms with Crippen LogP contribution in [0.15, 0.2) is 5.10 Å². The Kier molecular flexibility index (Phi) is 4.97. The van der Waals surface area contributed by atoms with Crippen molar-refractivity contribution in [1.29, 1.82) is 0 Å². The first-order valence-electron chi connectivity index (χ1n) is 7.33. The minimum absolute atomic E-state index is 0.110. The minimum Gasteiger partial charge on any atom is -0.298 e. The number of nitrogens with zero attached hydrogens (tertiary/aromatic N) is 1. The Morgan fingerprint density at radius 2 is 1.32 bits per heavy atom. The van der Waals surface area contributed by atoms with E-state index < -0.39 is 57.7 Å². The van der Waals surface area contributed by atoms with E-state index in [2.05, 4.69) is 5.10 Å². The zero-order valence-corrected chi connectivity index (χ0v) is 13.6. The van der Waals surface area contributed by atoms with E-state index in [0.717, 1.165) is 0 Å². The fourth-order valence-electron chi connectivity index (χ4n) is 2.77. The number of nitrogens with one attached hydrogen (secondary N) is 1. The highest BCUT2D eigenvalue weighted by molar-refractivity contribution is 6.21. The molecule has 0 radical (unpaired) electrons. The van der Waals surface area contributed by atoms with Crippen LogP contribution < -0.4 is 5.43 Å². The van der Waals surface area contributed by atoms with Gasteiger partial charge in [0.05, 0.1) is 5.71 Å². The number of ketones is 2. The Labute approximate surface area is 140 Å². The van der Waals surface area contributed by atoms with Gasteiger partial charge < -0.3 is 0 Å². The third-order valence-electron chi connectivity index (χ3n) is 3.92. The molecular weight excluding hydrogens is 347 g/mol. The van der Waals surface area contributed by atoms with Crippen molar-refractivity contribution in [2.24, 2.45) is 16.4 Å². The van der Waals surface area contributed by atoms with Gasteiger partial charge in [0.25, 0.3) is 0 Å². The van der Waals surface area contributed by atoms with Crippen LogP contribution in [0.25, 0.3) is 0 Å². The van der Waals surface area contributed by atoms with E-state index in [0.29, 0.717) is 0 Å². The van der Waals surface area contributed by atoms with Gasteiger partial charge in [0.2, 0.25) is 5.82 Å². The summed E-state index contributed by atoms with van der Waals surface area (Å²) in [5.74, 6) is -12.8. The molecule has 1 aromatic carbocycles. The molecule has 1 N–H and O–H groups in total.